The topological polar surface area (TPSA) is 61.2 Å². The number of esters is 1. The van der Waals surface area contributed by atoms with Gasteiger partial charge < -0.3 is 0 Å². The fraction of sp³-hybridized carbons (Fsp3) is 0.269. The average Bonchev–Trinajstić information content (AvgIpc) is 3.49. The van der Waals surface area contributed by atoms with Crippen LogP contribution in [0, 0.1) is 0 Å². The molecule has 1 saturated heterocycles. The van der Waals surface area contributed by atoms with Gasteiger partial charge in [0.05, 0.1) is 6.61 Å². The summed E-state index contributed by atoms with van der Waals surface area (Å²) in [5.74, 6) is 0.509. The molecule has 2 aliphatic rings. The van der Waals surface area contributed by atoms with E-state index in [1.807, 2.05) is 48.0 Å². The molecule has 3 heterocycles. The third-order valence-electron chi connectivity index (χ3n) is 5.88. The first kappa shape index (κ1) is 21.1. The van der Waals surface area contributed by atoms with Crippen LogP contribution in [0.2, 0.25) is 0 Å². The number of imidazole rings is 1. The van der Waals surface area contributed by atoms with Crippen LogP contribution in [-0.4, -0.2) is 34.8 Å². The molecule has 1 aromatic heterocycles. The number of hydrogen-bond acceptors (Lipinski definition) is 4. The van der Waals surface area contributed by atoms with Gasteiger partial charge in [-0.3, -0.25) is 0 Å². The summed E-state index contributed by atoms with van der Waals surface area (Å²) in [6.45, 7) is 2.15. The molecule has 0 amide bonds. The van der Waals surface area contributed by atoms with Crippen LogP contribution in [0.15, 0.2) is 60.4 Å². The summed E-state index contributed by atoms with van der Waals surface area (Å²) in [7, 11) is 0. The summed E-state index contributed by atoms with van der Waals surface area (Å²) in [5.41, 5.74) is 5.50. The molecule has 3 aromatic rings. The Kier molecular flexibility index (Phi) is 5.95. The van der Waals surface area contributed by atoms with Crippen LogP contribution in [0.3, 0.4) is 0 Å². The molecule has 0 saturated carbocycles. The van der Waals surface area contributed by atoms with Gasteiger partial charge in [0.15, 0.2) is 0 Å². The predicted molar refractivity (Wildman–Crippen MR) is 135 cm³/mol. The normalized spacial score (nSPS) is 16.0. The van der Waals surface area contributed by atoms with Crippen LogP contribution >= 0.6 is 19.8 Å². The summed E-state index contributed by atoms with van der Waals surface area (Å²) in [4.78, 5) is 29.7. The molecule has 0 N–H and O–H groups in total. The zero-order valence-corrected chi connectivity index (χ0v) is 20.2. The molecule has 0 bridgehead atoms. The quantitative estimate of drug-likeness (QED) is 0.186. The van der Waals surface area contributed by atoms with Gasteiger partial charge in [0, 0.05) is 0 Å². The maximum atomic E-state index is 12.8. The van der Waals surface area contributed by atoms with E-state index in [4.69, 9.17) is 4.74 Å². The van der Waals surface area contributed by atoms with Gasteiger partial charge in [-0.2, -0.15) is 0 Å². The number of carbonyl (C=O) groups is 2. The molecule has 2 aliphatic heterocycles. The summed E-state index contributed by atoms with van der Waals surface area (Å²) in [6.07, 6.45) is 8.47. The molecule has 0 aliphatic carbocycles. The van der Waals surface area contributed by atoms with Gasteiger partial charge in [-0.05, 0) is 6.92 Å². The van der Waals surface area contributed by atoms with Crippen molar-refractivity contribution in [3.8, 4) is 16.8 Å². The van der Waals surface area contributed by atoms with E-state index in [1.54, 1.807) is 6.20 Å². The predicted octanol–water partition coefficient (Wildman–Crippen LogP) is 5.48. The third-order valence-corrected chi connectivity index (χ3v) is 12.0. The summed E-state index contributed by atoms with van der Waals surface area (Å²) in [5, 5.41) is 0. The van der Waals surface area contributed by atoms with E-state index in [1.165, 1.54) is 21.7 Å². The molecular weight excluding hydrogens is 515 g/mol. The molecule has 1 fully saturated rings. The van der Waals surface area contributed by atoms with Crippen LogP contribution in [0.4, 0.5) is 0 Å². The number of fused-ring (bicyclic) bond motifs is 3. The Morgan fingerprint density at radius 3 is 2.56 bits per heavy atom. The summed E-state index contributed by atoms with van der Waals surface area (Å²) < 4.78 is 10.0. The van der Waals surface area contributed by atoms with Crippen molar-refractivity contribution in [2.45, 2.75) is 26.2 Å². The van der Waals surface area contributed by atoms with Crippen molar-refractivity contribution in [1.82, 2.24) is 9.55 Å². The number of rotatable bonds is 5. The van der Waals surface area contributed by atoms with E-state index in [2.05, 4.69) is 23.2 Å². The SMILES string of the molecule is CCOC(=O)C1=Cc2cc(-c3ccc(C(=O)I4CCCC4)cc3)ccc2-n2ccnc2C1. The van der Waals surface area contributed by atoms with E-state index >= 15 is 0 Å². The van der Waals surface area contributed by atoms with Crippen molar-refractivity contribution in [2.24, 2.45) is 0 Å². The van der Waals surface area contributed by atoms with Crippen LogP contribution in [0.1, 0.15) is 41.5 Å². The summed E-state index contributed by atoms with van der Waals surface area (Å²) >= 11 is -1.45. The minimum absolute atomic E-state index is 0.306. The number of benzene rings is 2. The van der Waals surface area contributed by atoms with Crippen LogP contribution < -0.4 is 0 Å². The van der Waals surface area contributed by atoms with Crippen molar-refractivity contribution in [2.75, 3.05) is 15.5 Å². The first-order valence-corrected chi connectivity index (χ1v) is 15.1. The zero-order chi connectivity index (χ0) is 22.1. The molecule has 5 nitrogen and oxygen atoms in total. The number of alkyl halides is 2. The van der Waals surface area contributed by atoms with Crippen molar-refractivity contribution in [3.05, 3.63) is 77.4 Å². The molecule has 32 heavy (non-hydrogen) atoms. The van der Waals surface area contributed by atoms with E-state index in [0.29, 0.717) is 22.4 Å². The molecular formula is C26H25IN2O3. The second kappa shape index (κ2) is 9.02. The van der Waals surface area contributed by atoms with Gasteiger partial charge >= 0.3 is 182 Å². The van der Waals surface area contributed by atoms with E-state index in [9.17, 15) is 9.59 Å². The molecule has 0 atom stereocenters. The van der Waals surface area contributed by atoms with Crippen LogP contribution in [-0.2, 0) is 16.0 Å². The van der Waals surface area contributed by atoms with Gasteiger partial charge in [-0.15, -0.1) is 0 Å². The Morgan fingerprint density at radius 1 is 1.06 bits per heavy atom. The molecule has 5 rings (SSSR count). The fourth-order valence-corrected chi connectivity index (χ4v) is 9.92. The van der Waals surface area contributed by atoms with E-state index in [0.717, 1.165) is 33.8 Å². The van der Waals surface area contributed by atoms with E-state index in [-0.39, 0.29) is 5.97 Å². The fourth-order valence-electron chi connectivity index (χ4n) is 4.24. The number of halogens is 1. The first-order chi connectivity index (χ1) is 15.6. The van der Waals surface area contributed by atoms with Crippen molar-refractivity contribution >= 4 is 35.7 Å². The zero-order valence-electron chi connectivity index (χ0n) is 18.0. The molecule has 0 radical (unpaired) electrons. The van der Waals surface area contributed by atoms with Gasteiger partial charge in [0.1, 0.15) is 0 Å². The molecule has 6 heteroatoms. The Hall–Kier alpha value is -2.74. The molecule has 0 unspecified atom stereocenters. The Labute approximate surface area is 194 Å². The van der Waals surface area contributed by atoms with Crippen molar-refractivity contribution < 1.29 is 14.3 Å². The Balaban J connectivity index is 1.49. The number of aromatic nitrogens is 2. The maximum absolute atomic E-state index is 12.8. The van der Waals surface area contributed by atoms with Gasteiger partial charge in [-0.25, -0.2) is 0 Å². The van der Waals surface area contributed by atoms with Gasteiger partial charge in [0.2, 0.25) is 0 Å². The van der Waals surface area contributed by atoms with Gasteiger partial charge in [-0.1, -0.05) is 0 Å². The number of carbonyl (C=O) groups excluding carboxylic acids is 2. The van der Waals surface area contributed by atoms with Gasteiger partial charge in [0.25, 0.3) is 0 Å². The second-order valence-corrected chi connectivity index (χ2v) is 13.7. The molecule has 2 aromatic carbocycles. The van der Waals surface area contributed by atoms with Crippen molar-refractivity contribution in [1.29, 1.82) is 0 Å². The second-order valence-electron chi connectivity index (χ2n) is 7.95. The number of nitrogens with zero attached hydrogens (tertiary/aromatic N) is 2. The van der Waals surface area contributed by atoms with Crippen molar-refractivity contribution in [3.63, 3.8) is 0 Å². The molecule has 0 spiro atoms. The van der Waals surface area contributed by atoms with Crippen LogP contribution in [0.5, 0.6) is 0 Å². The number of ether oxygens (including phenoxy) is 1. The standard InChI is InChI=1S/C26H25IN2O3/c1-2-32-26(31)22-16-21-15-20(9-10-23(21)29-14-13-28-24(29)17-22)18-5-7-19(8-6-18)25(30)27-11-3-4-12-27/h5-10,13-16H,2-4,11-12,17H2,1H3. The van der Waals surface area contributed by atoms with E-state index < -0.39 is 19.8 Å². The first-order valence-electron chi connectivity index (χ1n) is 10.9. The van der Waals surface area contributed by atoms with Crippen LogP contribution in [0.25, 0.3) is 22.9 Å². The number of hydrogen-bond donors (Lipinski definition) is 0. The monoisotopic (exact) mass is 540 g/mol. The summed E-state index contributed by atoms with van der Waals surface area (Å²) in [6, 6.07) is 14.3. The minimum atomic E-state index is -1.45. The molecule has 164 valence electrons. The average molecular weight is 540 g/mol. The third kappa shape index (κ3) is 4.03. The Morgan fingerprint density at radius 2 is 1.81 bits per heavy atom. The Bertz CT molecular complexity index is 1200.